The fourth-order valence-corrected chi connectivity index (χ4v) is 2.32. The van der Waals surface area contributed by atoms with Gasteiger partial charge in [0.25, 0.3) is 0 Å². The van der Waals surface area contributed by atoms with Crippen molar-refractivity contribution in [3.05, 3.63) is 12.2 Å². The molecule has 0 aromatic heterocycles. The summed E-state index contributed by atoms with van der Waals surface area (Å²) in [5.41, 5.74) is -3.19. The van der Waals surface area contributed by atoms with Gasteiger partial charge < -0.3 is 4.74 Å². The number of halogens is 22. The van der Waals surface area contributed by atoms with Gasteiger partial charge in [0.15, 0.2) is 0 Å². The van der Waals surface area contributed by atoms with E-state index in [4.69, 9.17) is 0 Å². The lowest BCUT2D eigenvalue weighted by Gasteiger charge is -2.39. The normalized spacial score (nSPS) is 15.7. The van der Waals surface area contributed by atoms with Crippen LogP contribution in [0.1, 0.15) is 19.3 Å². The number of hydrogen-bond acceptors (Lipinski definition) is 2. The van der Waals surface area contributed by atoms with E-state index in [9.17, 15) is 101 Å². The van der Waals surface area contributed by atoms with Gasteiger partial charge in [-0.05, 0) is 0 Å². The largest absolute Gasteiger partial charge is 0.462 e. The fourth-order valence-electron chi connectivity index (χ4n) is 2.32. The Labute approximate surface area is 211 Å². The van der Waals surface area contributed by atoms with Gasteiger partial charge in [-0.15, -0.1) is 0 Å². The van der Waals surface area contributed by atoms with Crippen LogP contribution in [-0.4, -0.2) is 72.3 Å². The average Bonchev–Trinajstić information content (AvgIpc) is 2.74. The van der Waals surface area contributed by atoms with Crippen LogP contribution in [0, 0.1) is 0 Å². The maximum absolute atomic E-state index is 13.8. The highest BCUT2D eigenvalue weighted by Gasteiger charge is 2.90. The van der Waals surface area contributed by atoms with Crippen LogP contribution in [-0.2, 0) is 9.53 Å². The lowest BCUT2D eigenvalue weighted by molar-refractivity contribution is -0.440. The van der Waals surface area contributed by atoms with Crippen molar-refractivity contribution in [2.75, 3.05) is 6.61 Å². The van der Waals surface area contributed by atoms with Crippen molar-refractivity contribution < 1.29 is 106 Å². The monoisotopic (exact) mass is 664 g/mol. The lowest BCUT2D eigenvalue weighted by Crippen LogP contribution is -2.70. The van der Waals surface area contributed by atoms with Crippen molar-refractivity contribution in [3.8, 4) is 0 Å². The smallest absolute Gasteiger partial charge is 0.460 e. The second-order valence-electron chi connectivity index (χ2n) is 7.83. The van der Waals surface area contributed by atoms with Crippen LogP contribution in [0.5, 0.6) is 0 Å². The summed E-state index contributed by atoms with van der Waals surface area (Å²) in [6, 6.07) is 0. The molecule has 0 amide bonds. The maximum Gasteiger partial charge on any atom is 0.460 e. The van der Waals surface area contributed by atoms with Crippen LogP contribution in [0.4, 0.5) is 96.6 Å². The third-order valence-corrected chi connectivity index (χ3v) is 4.85. The number of carbonyl (C=O) groups is 1. The Morgan fingerprint density at radius 3 is 1.22 bits per heavy atom. The predicted octanol–water partition coefficient (Wildman–Crippen LogP) is 8.46. The zero-order valence-electron chi connectivity index (χ0n) is 18.7. The summed E-state index contributed by atoms with van der Waals surface area (Å²) < 4.78 is 289. The standard InChI is InChI=1S/C17H10F22O2/c1-6(11(25,26)12(27,28)8(18,19)2-3-10(22,23)24)7(40)41-5-4-9(20,21)13(29,30)14(31,32)15(33,34)16(35,36)17(37,38)39/h1-5H2. The zero-order valence-corrected chi connectivity index (χ0v) is 18.7. The molecule has 0 radical (unpaired) electrons. The van der Waals surface area contributed by atoms with E-state index in [1.807, 2.05) is 0 Å². The van der Waals surface area contributed by atoms with Gasteiger partial charge >= 0.3 is 65.7 Å². The Morgan fingerprint density at radius 2 is 0.854 bits per heavy atom. The Morgan fingerprint density at radius 1 is 0.488 bits per heavy atom. The fraction of sp³-hybridized carbons (Fsp3) is 0.824. The molecule has 0 aliphatic heterocycles. The summed E-state index contributed by atoms with van der Waals surface area (Å²) in [6.45, 7) is -0.937. The number of carbonyl (C=O) groups excluding carboxylic acids is 1. The Hall–Kier alpha value is -2.33. The quantitative estimate of drug-likeness (QED) is 0.112. The predicted molar refractivity (Wildman–Crippen MR) is 85.6 cm³/mol. The first kappa shape index (κ1) is 38.7. The summed E-state index contributed by atoms with van der Waals surface area (Å²) in [4.78, 5) is 11.3. The van der Waals surface area contributed by atoms with E-state index in [0.717, 1.165) is 0 Å². The van der Waals surface area contributed by atoms with E-state index in [1.54, 1.807) is 6.58 Å². The molecule has 0 bridgehead atoms. The second-order valence-corrected chi connectivity index (χ2v) is 7.83. The van der Waals surface area contributed by atoms with Gasteiger partial charge in [0.2, 0.25) is 0 Å². The van der Waals surface area contributed by atoms with Gasteiger partial charge in [-0.1, -0.05) is 6.58 Å². The summed E-state index contributed by atoms with van der Waals surface area (Å²) in [5.74, 6) is -62.5. The summed E-state index contributed by atoms with van der Waals surface area (Å²) in [6.07, 6.45) is -22.5. The Bertz CT molecular complexity index is 956. The van der Waals surface area contributed by atoms with Crippen LogP contribution in [0.25, 0.3) is 0 Å². The third kappa shape index (κ3) is 6.69. The highest BCUT2D eigenvalue weighted by molar-refractivity contribution is 5.90. The molecule has 0 aliphatic rings. The minimum Gasteiger partial charge on any atom is -0.462 e. The molecule has 2 nitrogen and oxygen atoms in total. The van der Waals surface area contributed by atoms with Crippen LogP contribution >= 0.6 is 0 Å². The SMILES string of the molecule is C=C(C(=O)OCCC(F)(F)C(F)(F)C(F)(F)C(F)(F)C(F)(F)C(F)(F)F)C(F)(F)C(F)(F)C(F)(F)CCC(F)(F)F. The number of ether oxygens (including phenoxy) is 1. The van der Waals surface area contributed by atoms with E-state index >= 15 is 0 Å². The van der Waals surface area contributed by atoms with Gasteiger partial charge in [0.1, 0.15) is 5.57 Å². The molecule has 0 N–H and O–H groups in total. The molecular weight excluding hydrogens is 654 g/mol. The minimum absolute atomic E-state index is 1.80. The van der Waals surface area contributed by atoms with Crippen molar-refractivity contribution in [1.82, 2.24) is 0 Å². The number of rotatable bonds is 13. The minimum atomic E-state index is -8.30. The molecule has 0 aliphatic carbocycles. The van der Waals surface area contributed by atoms with Gasteiger partial charge in [-0.2, -0.15) is 96.6 Å². The van der Waals surface area contributed by atoms with Crippen molar-refractivity contribution in [3.63, 3.8) is 0 Å². The van der Waals surface area contributed by atoms with Crippen molar-refractivity contribution in [1.29, 1.82) is 0 Å². The van der Waals surface area contributed by atoms with Crippen molar-refractivity contribution in [2.45, 2.75) is 79.0 Å². The van der Waals surface area contributed by atoms with Gasteiger partial charge in [-0.25, -0.2) is 4.79 Å². The van der Waals surface area contributed by atoms with Crippen LogP contribution in [0.15, 0.2) is 12.2 Å². The van der Waals surface area contributed by atoms with E-state index in [-0.39, 0.29) is 0 Å². The van der Waals surface area contributed by atoms with Crippen molar-refractivity contribution in [2.24, 2.45) is 0 Å². The Kier molecular flexibility index (Phi) is 10.1. The van der Waals surface area contributed by atoms with E-state index in [1.165, 1.54) is 0 Å². The first-order valence-electron chi connectivity index (χ1n) is 9.52. The highest BCUT2D eigenvalue weighted by atomic mass is 19.4. The topological polar surface area (TPSA) is 26.3 Å². The second kappa shape index (κ2) is 10.7. The summed E-state index contributed by atoms with van der Waals surface area (Å²) >= 11 is 0. The molecule has 0 rings (SSSR count). The molecule has 0 heterocycles. The number of esters is 1. The molecule has 0 aromatic carbocycles. The first-order chi connectivity index (χ1) is 17.5. The number of alkyl halides is 22. The highest BCUT2D eigenvalue weighted by Crippen LogP contribution is 2.60. The van der Waals surface area contributed by atoms with Gasteiger partial charge in [-0.3, -0.25) is 0 Å². The zero-order chi connectivity index (χ0) is 33.7. The van der Waals surface area contributed by atoms with Crippen LogP contribution < -0.4 is 0 Å². The maximum atomic E-state index is 13.8. The molecule has 0 spiro atoms. The summed E-state index contributed by atoms with van der Waals surface area (Å²) in [7, 11) is 0. The van der Waals surface area contributed by atoms with Crippen LogP contribution in [0.2, 0.25) is 0 Å². The van der Waals surface area contributed by atoms with E-state index in [0.29, 0.717) is 0 Å². The van der Waals surface area contributed by atoms with Gasteiger partial charge in [0, 0.05) is 12.8 Å². The Balaban J connectivity index is 5.86. The van der Waals surface area contributed by atoms with Gasteiger partial charge in [0.05, 0.1) is 13.0 Å². The molecule has 0 atom stereocenters. The van der Waals surface area contributed by atoms with Crippen molar-refractivity contribution >= 4 is 5.97 Å². The lowest BCUT2D eigenvalue weighted by atomic mass is 9.93. The first-order valence-corrected chi connectivity index (χ1v) is 9.52. The van der Waals surface area contributed by atoms with Crippen LogP contribution in [0.3, 0.4) is 0 Å². The molecule has 0 unspecified atom stereocenters. The third-order valence-electron chi connectivity index (χ3n) is 4.85. The molecule has 41 heavy (non-hydrogen) atoms. The molecule has 0 saturated heterocycles. The molecule has 0 aromatic rings. The summed E-state index contributed by atoms with van der Waals surface area (Å²) in [5, 5.41) is 0. The molecule has 24 heteroatoms. The average molecular weight is 664 g/mol. The number of hydrogen-bond donors (Lipinski definition) is 0. The van der Waals surface area contributed by atoms with E-state index in [2.05, 4.69) is 4.74 Å². The molecule has 244 valence electrons. The van der Waals surface area contributed by atoms with E-state index < -0.39 is 97.1 Å². The molecule has 0 saturated carbocycles. The molecular formula is C17H10F22O2. The molecule has 0 fully saturated rings.